The number of hydrogen-bond acceptors (Lipinski definition) is 4. The summed E-state index contributed by atoms with van der Waals surface area (Å²) < 4.78 is 6.15. The standard InChI is InChI=1S/C17H15BrN2O4/c1-10(21)19-14-7-12(8-15(9-14)20-11(2)22)17(23)24-16-5-3-13(18)4-6-16/h3-9H,1-2H3,(H,19,21)(H,20,22). The van der Waals surface area contributed by atoms with Crippen LogP contribution in [0.3, 0.4) is 0 Å². The summed E-state index contributed by atoms with van der Waals surface area (Å²) in [5.74, 6) is -0.797. The topological polar surface area (TPSA) is 84.5 Å². The van der Waals surface area contributed by atoms with Gasteiger partial charge in [0.05, 0.1) is 5.56 Å². The maximum Gasteiger partial charge on any atom is 0.343 e. The van der Waals surface area contributed by atoms with Crippen LogP contribution in [0.4, 0.5) is 11.4 Å². The summed E-state index contributed by atoms with van der Waals surface area (Å²) in [6, 6.07) is 11.3. The number of halogens is 1. The van der Waals surface area contributed by atoms with Gasteiger partial charge < -0.3 is 15.4 Å². The fourth-order valence-corrected chi connectivity index (χ4v) is 2.23. The highest BCUT2D eigenvalue weighted by Gasteiger charge is 2.13. The van der Waals surface area contributed by atoms with E-state index in [1.54, 1.807) is 30.3 Å². The monoisotopic (exact) mass is 390 g/mol. The first-order valence-corrected chi connectivity index (χ1v) is 7.81. The highest BCUT2D eigenvalue weighted by Crippen LogP contribution is 2.22. The molecule has 0 saturated carbocycles. The molecule has 0 unspecified atom stereocenters. The molecular weight excluding hydrogens is 376 g/mol. The van der Waals surface area contributed by atoms with Crippen LogP contribution in [0.25, 0.3) is 0 Å². The summed E-state index contributed by atoms with van der Waals surface area (Å²) in [5.41, 5.74) is 0.973. The van der Waals surface area contributed by atoms with Gasteiger partial charge in [0.1, 0.15) is 5.75 Å². The van der Waals surface area contributed by atoms with Crippen LogP contribution in [0, 0.1) is 0 Å². The van der Waals surface area contributed by atoms with E-state index in [0.29, 0.717) is 17.1 Å². The van der Waals surface area contributed by atoms with Crippen molar-refractivity contribution < 1.29 is 19.1 Å². The molecule has 0 aromatic heterocycles. The summed E-state index contributed by atoms with van der Waals surface area (Å²) in [6.07, 6.45) is 0. The third-order valence-electron chi connectivity index (χ3n) is 2.83. The van der Waals surface area contributed by atoms with Gasteiger partial charge in [-0.3, -0.25) is 9.59 Å². The van der Waals surface area contributed by atoms with Crippen LogP contribution in [-0.2, 0) is 9.59 Å². The molecule has 0 atom stereocenters. The molecule has 2 aromatic rings. The van der Waals surface area contributed by atoms with Gasteiger partial charge in [0, 0.05) is 29.7 Å². The molecule has 0 aliphatic carbocycles. The second-order valence-electron chi connectivity index (χ2n) is 5.00. The number of anilines is 2. The fraction of sp³-hybridized carbons (Fsp3) is 0.118. The molecule has 124 valence electrons. The first kappa shape index (κ1) is 17.7. The lowest BCUT2D eigenvalue weighted by molar-refractivity contribution is -0.115. The molecule has 2 N–H and O–H groups in total. The Balaban J connectivity index is 2.28. The maximum absolute atomic E-state index is 12.3. The number of carbonyl (C=O) groups is 3. The Morgan fingerprint density at radius 3 is 1.83 bits per heavy atom. The molecule has 0 heterocycles. The maximum atomic E-state index is 12.3. The van der Waals surface area contributed by atoms with Gasteiger partial charge in [0.15, 0.2) is 0 Å². The van der Waals surface area contributed by atoms with Crippen LogP contribution in [0.2, 0.25) is 0 Å². The molecule has 0 spiro atoms. The summed E-state index contributed by atoms with van der Waals surface area (Å²) in [4.78, 5) is 34.8. The van der Waals surface area contributed by atoms with Crippen LogP contribution in [0.1, 0.15) is 24.2 Å². The Hall–Kier alpha value is -2.67. The van der Waals surface area contributed by atoms with Gasteiger partial charge in [-0.1, -0.05) is 15.9 Å². The van der Waals surface area contributed by atoms with Gasteiger partial charge in [0.25, 0.3) is 0 Å². The van der Waals surface area contributed by atoms with Crippen molar-refractivity contribution in [3.8, 4) is 5.75 Å². The SMILES string of the molecule is CC(=O)Nc1cc(NC(C)=O)cc(C(=O)Oc2ccc(Br)cc2)c1. The van der Waals surface area contributed by atoms with E-state index < -0.39 is 5.97 Å². The van der Waals surface area contributed by atoms with Gasteiger partial charge in [-0.25, -0.2) is 4.79 Å². The first-order valence-electron chi connectivity index (χ1n) is 7.01. The summed E-state index contributed by atoms with van der Waals surface area (Å²) >= 11 is 3.30. The lowest BCUT2D eigenvalue weighted by Gasteiger charge is -2.10. The molecule has 0 radical (unpaired) electrons. The third kappa shape index (κ3) is 5.20. The summed E-state index contributed by atoms with van der Waals surface area (Å²) in [7, 11) is 0. The second kappa shape index (κ2) is 7.74. The quantitative estimate of drug-likeness (QED) is 0.616. The molecule has 2 amide bonds. The molecule has 0 fully saturated rings. The van der Waals surface area contributed by atoms with Crippen molar-refractivity contribution in [2.24, 2.45) is 0 Å². The van der Waals surface area contributed by atoms with Crippen LogP contribution in [-0.4, -0.2) is 17.8 Å². The Kier molecular flexibility index (Phi) is 5.70. The van der Waals surface area contributed by atoms with E-state index in [0.717, 1.165) is 4.47 Å². The summed E-state index contributed by atoms with van der Waals surface area (Å²) in [6.45, 7) is 2.70. The Morgan fingerprint density at radius 2 is 1.38 bits per heavy atom. The van der Waals surface area contributed by atoms with Crippen molar-refractivity contribution in [1.29, 1.82) is 0 Å². The van der Waals surface area contributed by atoms with Crippen LogP contribution < -0.4 is 15.4 Å². The van der Waals surface area contributed by atoms with E-state index >= 15 is 0 Å². The lowest BCUT2D eigenvalue weighted by Crippen LogP contribution is -2.13. The molecular formula is C17H15BrN2O4. The molecule has 6 nitrogen and oxygen atoms in total. The molecule has 0 aliphatic rings. The first-order chi connectivity index (χ1) is 11.3. The number of benzene rings is 2. The third-order valence-corrected chi connectivity index (χ3v) is 3.36. The number of ether oxygens (including phenoxy) is 1. The Labute approximate surface area is 147 Å². The summed E-state index contributed by atoms with van der Waals surface area (Å²) in [5, 5.41) is 5.16. The van der Waals surface area contributed by atoms with Gasteiger partial charge >= 0.3 is 5.97 Å². The smallest absolute Gasteiger partial charge is 0.343 e. The predicted octanol–water partition coefficient (Wildman–Crippen LogP) is 3.59. The van der Waals surface area contributed by atoms with E-state index in [1.165, 1.54) is 26.0 Å². The van der Waals surface area contributed by atoms with Crippen LogP contribution in [0.15, 0.2) is 46.9 Å². The largest absolute Gasteiger partial charge is 0.423 e. The highest BCUT2D eigenvalue weighted by molar-refractivity contribution is 9.10. The average Bonchev–Trinajstić information content (AvgIpc) is 2.48. The molecule has 0 aliphatic heterocycles. The molecule has 2 aromatic carbocycles. The van der Waals surface area contributed by atoms with E-state index in [1.807, 2.05) is 0 Å². The number of esters is 1. The zero-order chi connectivity index (χ0) is 17.7. The molecule has 7 heteroatoms. The van der Waals surface area contributed by atoms with E-state index in [4.69, 9.17) is 4.74 Å². The van der Waals surface area contributed by atoms with Crippen molar-refractivity contribution >= 4 is 45.1 Å². The van der Waals surface area contributed by atoms with Gasteiger partial charge in [0.2, 0.25) is 11.8 Å². The minimum Gasteiger partial charge on any atom is -0.423 e. The second-order valence-corrected chi connectivity index (χ2v) is 5.92. The highest BCUT2D eigenvalue weighted by atomic mass is 79.9. The fourth-order valence-electron chi connectivity index (χ4n) is 1.96. The van der Waals surface area contributed by atoms with Crippen molar-refractivity contribution in [2.75, 3.05) is 10.6 Å². The zero-order valence-corrected chi connectivity index (χ0v) is 14.6. The van der Waals surface area contributed by atoms with Crippen molar-refractivity contribution in [3.63, 3.8) is 0 Å². The lowest BCUT2D eigenvalue weighted by atomic mass is 10.1. The molecule has 2 rings (SSSR count). The minimum absolute atomic E-state index is 0.202. The van der Waals surface area contributed by atoms with Crippen molar-refractivity contribution in [2.45, 2.75) is 13.8 Å². The van der Waals surface area contributed by atoms with Gasteiger partial charge in [-0.2, -0.15) is 0 Å². The van der Waals surface area contributed by atoms with E-state index in [9.17, 15) is 14.4 Å². The van der Waals surface area contributed by atoms with E-state index in [2.05, 4.69) is 26.6 Å². The Bertz CT molecular complexity index is 753. The van der Waals surface area contributed by atoms with Crippen molar-refractivity contribution in [1.82, 2.24) is 0 Å². The molecule has 24 heavy (non-hydrogen) atoms. The Morgan fingerprint density at radius 1 is 0.875 bits per heavy atom. The van der Waals surface area contributed by atoms with Crippen LogP contribution >= 0.6 is 15.9 Å². The number of carbonyl (C=O) groups excluding carboxylic acids is 3. The minimum atomic E-state index is -0.601. The van der Waals surface area contributed by atoms with Gasteiger partial charge in [-0.05, 0) is 42.5 Å². The van der Waals surface area contributed by atoms with Crippen molar-refractivity contribution in [3.05, 3.63) is 52.5 Å². The number of rotatable bonds is 4. The van der Waals surface area contributed by atoms with Gasteiger partial charge in [-0.15, -0.1) is 0 Å². The molecule has 0 saturated heterocycles. The number of amides is 2. The number of nitrogens with one attached hydrogen (secondary N) is 2. The zero-order valence-electron chi connectivity index (χ0n) is 13.1. The van der Waals surface area contributed by atoms with Crippen LogP contribution in [0.5, 0.6) is 5.75 Å². The number of hydrogen-bond donors (Lipinski definition) is 2. The normalized spacial score (nSPS) is 9.96. The molecule has 0 bridgehead atoms. The predicted molar refractivity (Wildman–Crippen MR) is 94.1 cm³/mol. The van der Waals surface area contributed by atoms with E-state index in [-0.39, 0.29) is 17.4 Å². The average molecular weight is 391 g/mol.